The number of rotatable bonds is 5. The lowest BCUT2D eigenvalue weighted by molar-refractivity contribution is 0.554. The van der Waals surface area contributed by atoms with Crippen LogP contribution in [0.1, 0.15) is 24.4 Å². The number of aromatic nitrogens is 2. The monoisotopic (exact) mass is 261 g/mol. The van der Waals surface area contributed by atoms with Gasteiger partial charge in [-0.05, 0) is 31.5 Å². The highest BCUT2D eigenvalue weighted by molar-refractivity contribution is 7.14. The molecule has 2 rings (SSSR count). The highest BCUT2D eigenvalue weighted by atomic mass is 32.1. The Balaban J connectivity index is 2.02. The Bertz CT molecular complexity index is 505. The van der Waals surface area contributed by atoms with E-state index in [1.165, 1.54) is 4.88 Å². The fourth-order valence-corrected chi connectivity index (χ4v) is 2.51. The quantitative estimate of drug-likeness (QED) is 0.897. The molecule has 4 heteroatoms. The zero-order chi connectivity index (χ0) is 13.0. The van der Waals surface area contributed by atoms with E-state index in [-0.39, 0.29) is 0 Å². The van der Waals surface area contributed by atoms with E-state index in [9.17, 15) is 0 Å². The number of thiazole rings is 1. The van der Waals surface area contributed by atoms with E-state index in [4.69, 9.17) is 0 Å². The smallest absolute Gasteiger partial charge is 0.142 e. The van der Waals surface area contributed by atoms with Crippen LogP contribution in [0.2, 0.25) is 0 Å². The maximum atomic E-state index is 4.49. The second-order valence-electron chi connectivity index (χ2n) is 4.82. The van der Waals surface area contributed by atoms with E-state index in [1.54, 1.807) is 11.3 Å². The second kappa shape index (κ2) is 6.07. The normalized spacial score (nSPS) is 11.1. The molecule has 0 saturated carbocycles. The fraction of sp³-hybridized carbons (Fsp3) is 0.429. The third-order valence-corrected chi connectivity index (χ3v) is 3.53. The van der Waals surface area contributed by atoms with Crippen molar-refractivity contribution in [3.8, 4) is 10.7 Å². The molecule has 0 aromatic carbocycles. The van der Waals surface area contributed by atoms with E-state index in [2.05, 4.69) is 29.1 Å². The van der Waals surface area contributed by atoms with Gasteiger partial charge in [0.25, 0.3) is 0 Å². The Morgan fingerprint density at radius 2 is 2.17 bits per heavy atom. The van der Waals surface area contributed by atoms with Crippen molar-refractivity contribution in [2.24, 2.45) is 5.92 Å². The minimum absolute atomic E-state index is 0.677. The number of hydrogen-bond acceptors (Lipinski definition) is 4. The predicted octanol–water partition coefficient (Wildman–Crippen LogP) is 3.26. The zero-order valence-electron chi connectivity index (χ0n) is 11.1. The van der Waals surface area contributed by atoms with Crippen molar-refractivity contribution in [2.75, 3.05) is 6.54 Å². The molecule has 2 aromatic heterocycles. The van der Waals surface area contributed by atoms with Gasteiger partial charge in [-0.15, -0.1) is 11.3 Å². The molecule has 18 heavy (non-hydrogen) atoms. The standard InChI is InChI=1S/C14H19N3S/c1-10(2)7-15-8-12-9-16-14(18-12)13-6-4-5-11(3)17-13/h4-6,9-10,15H,7-8H2,1-3H3. The van der Waals surface area contributed by atoms with Crippen LogP contribution in [0.3, 0.4) is 0 Å². The summed E-state index contributed by atoms with van der Waals surface area (Å²) in [6, 6.07) is 6.04. The first kappa shape index (κ1) is 13.2. The van der Waals surface area contributed by atoms with Crippen LogP contribution in [-0.4, -0.2) is 16.5 Å². The van der Waals surface area contributed by atoms with Gasteiger partial charge in [0.2, 0.25) is 0 Å². The van der Waals surface area contributed by atoms with Crippen LogP contribution < -0.4 is 5.32 Å². The molecule has 0 atom stereocenters. The summed E-state index contributed by atoms with van der Waals surface area (Å²) in [7, 11) is 0. The van der Waals surface area contributed by atoms with E-state index in [1.807, 2.05) is 31.3 Å². The first-order valence-corrected chi connectivity index (χ1v) is 7.06. The van der Waals surface area contributed by atoms with E-state index >= 15 is 0 Å². The molecule has 3 nitrogen and oxygen atoms in total. The Morgan fingerprint density at radius 1 is 1.33 bits per heavy atom. The highest BCUT2D eigenvalue weighted by Crippen LogP contribution is 2.23. The molecule has 0 amide bonds. The average Bonchev–Trinajstić information content (AvgIpc) is 2.77. The van der Waals surface area contributed by atoms with Crippen molar-refractivity contribution in [3.05, 3.63) is 35.0 Å². The van der Waals surface area contributed by atoms with Crippen molar-refractivity contribution >= 4 is 11.3 Å². The molecular weight excluding hydrogens is 242 g/mol. The Labute approximate surface area is 112 Å². The highest BCUT2D eigenvalue weighted by Gasteiger charge is 2.06. The third kappa shape index (κ3) is 3.62. The van der Waals surface area contributed by atoms with Gasteiger partial charge in [0.05, 0.1) is 5.69 Å². The van der Waals surface area contributed by atoms with Crippen LogP contribution in [-0.2, 0) is 6.54 Å². The number of nitrogens with zero attached hydrogens (tertiary/aromatic N) is 2. The molecule has 0 spiro atoms. The summed E-state index contributed by atoms with van der Waals surface area (Å²) in [5, 5.41) is 4.43. The molecule has 96 valence electrons. The summed E-state index contributed by atoms with van der Waals surface area (Å²) in [5.41, 5.74) is 2.00. The molecule has 1 N–H and O–H groups in total. The zero-order valence-corrected chi connectivity index (χ0v) is 11.9. The summed E-state index contributed by atoms with van der Waals surface area (Å²) in [6.45, 7) is 8.35. The van der Waals surface area contributed by atoms with Crippen molar-refractivity contribution in [1.29, 1.82) is 0 Å². The molecule has 0 fully saturated rings. The third-order valence-electron chi connectivity index (χ3n) is 2.51. The van der Waals surface area contributed by atoms with Crippen molar-refractivity contribution in [3.63, 3.8) is 0 Å². The molecular formula is C14H19N3S. The Kier molecular flexibility index (Phi) is 4.44. The lowest BCUT2D eigenvalue weighted by Gasteiger charge is -2.04. The molecule has 0 aliphatic carbocycles. The van der Waals surface area contributed by atoms with Gasteiger partial charge < -0.3 is 5.32 Å². The molecule has 2 aromatic rings. The van der Waals surface area contributed by atoms with Gasteiger partial charge in [0, 0.05) is 23.3 Å². The van der Waals surface area contributed by atoms with Crippen LogP contribution in [0.5, 0.6) is 0 Å². The summed E-state index contributed by atoms with van der Waals surface area (Å²) in [5.74, 6) is 0.677. The van der Waals surface area contributed by atoms with E-state index in [0.29, 0.717) is 5.92 Å². The van der Waals surface area contributed by atoms with Crippen molar-refractivity contribution in [2.45, 2.75) is 27.3 Å². The minimum atomic E-state index is 0.677. The van der Waals surface area contributed by atoms with Gasteiger partial charge in [-0.3, -0.25) is 4.98 Å². The molecule has 0 bridgehead atoms. The Morgan fingerprint density at radius 3 is 2.89 bits per heavy atom. The minimum Gasteiger partial charge on any atom is -0.312 e. The van der Waals surface area contributed by atoms with Crippen LogP contribution in [0.4, 0.5) is 0 Å². The van der Waals surface area contributed by atoms with Gasteiger partial charge in [0.15, 0.2) is 0 Å². The van der Waals surface area contributed by atoms with E-state index in [0.717, 1.165) is 29.5 Å². The summed E-state index contributed by atoms with van der Waals surface area (Å²) in [4.78, 5) is 10.2. The van der Waals surface area contributed by atoms with Gasteiger partial charge in [-0.25, -0.2) is 4.98 Å². The first-order valence-electron chi connectivity index (χ1n) is 6.24. The molecule has 0 unspecified atom stereocenters. The number of hydrogen-bond donors (Lipinski definition) is 1. The molecule has 0 aliphatic rings. The average molecular weight is 261 g/mol. The van der Waals surface area contributed by atoms with Crippen LogP contribution in [0.25, 0.3) is 10.7 Å². The SMILES string of the molecule is Cc1cccc(-c2ncc(CNCC(C)C)s2)n1. The summed E-state index contributed by atoms with van der Waals surface area (Å²) < 4.78 is 0. The van der Waals surface area contributed by atoms with Crippen molar-refractivity contribution in [1.82, 2.24) is 15.3 Å². The first-order chi connectivity index (χ1) is 8.65. The summed E-state index contributed by atoms with van der Waals surface area (Å²) in [6.07, 6.45) is 1.94. The van der Waals surface area contributed by atoms with Crippen molar-refractivity contribution < 1.29 is 0 Å². The second-order valence-corrected chi connectivity index (χ2v) is 5.94. The molecule has 2 heterocycles. The summed E-state index contributed by atoms with van der Waals surface area (Å²) >= 11 is 1.71. The number of aryl methyl sites for hydroxylation is 1. The Hall–Kier alpha value is -1.26. The number of pyridine rings is 1. The lowest BCUT2D eigenvalue weighted by Crippen LogP contribution is -2.18. The van der Waals surface area contributed by atoms with Crippen LogP contribution >= 0.6 is 11.3 Å². The van der Waals surface area contributed by atoms with Gasteiger partial charge in [-0.2, -0.15) is 0 Å². The predicted molar refractivity (Wildman–Crippen MR) is 76.6 cm³/mol. The molecule has 0 saturated heterocycles. The molecule has 0 aliphatic heterocycles. The lowest BCUT2D eigenvalue weighted by atomic mass is 10.2. The van der Waals surface area contributed by atoms with Gasteiger partial charge in [-0.1, -0.05) is 19.9 Å². The largest absolute Gasteiger partial charge is 0.312 e. The number of nitrogens with one attached hydrogen (secondary N) is 1. The van der Waals surface area contributed by atoms with Gasteiger partial charge in [0.1, 0.15) is 5.01 Å². The van der Waals surface area contributed by atoms with Crippen LogP contribution in [0.15, 0.2) is 24.4 Å². The maximum absolute atomic E-state index is 4.49. The van der Waals surface area contributed by atoms with Gasteiger partial charge >= 0.3 is 0 Å². The topological polar surface area (TPSA) is 37.8 Å². The van der Waals surface area contributed by atoms with E-state index < -0.39 is 0 Å². The van der Waals surface area contributed by atoms with Crippen LogP contribution in [0, 0.1) is 12.8 Å². The maximum Gasteiger partial charge on any atom is 0.142 e. The molecule has 0 radical (unpaired) electrons. The fourth-order valence-electron chi connectivity index (χ4n) is 1.65.